The molecule has 218 valence electrons. The largest absolute Gasteiger partial charge is 0.494 e. The Labute approximate surface area is 246 Å². The molecule has 10 heteroatoms. The van der Waals surface area contributed by atoms with Crippen LogP contribution >= 0.6 is 0 Å². The number of ether oxygens (including phenoxy) is 1. The number of carbonyl (C=O) groups is 1. The van der Waals surface area contributed by atoms with Crippen LogP contribution in [0.25, 0.3) is 22.2 Å². The van der Waals surface area contributed by atoms with Gasteiger partial charge in [0.25, 0.3) is 5.91 Å². The smallest absolute Gasteiger partial charge is 0.251 e. The quantitative estimate of drug-likeness (QED) is 0.253. The first-order valence-electron chi connectivity index (χ1n) is 15.3. The van der Waals surface area contributed by atoms with Gasteiger partial charge in [0, 0.05) is 28.0 Å². The van der Waals surface area contributed by atoms with Crippen LogP contribution in [-0.2, 0) is 11.2 Å². The van der Waals surface area contributed by atoms with E-state index in [0.717, 1.165) is 30.7 Å². The summed E-state index contributed by atoms with van der Waals surface area (Å²) in [6, 6.07) is 10.9. The SMILES string of the molecule is [2H]C([2H])([2H])Oc1cc(C(=O)NC[C@](O)(c2cc(C(C)(C)O)c(F)c(-c3ccc(F)cc3)n2)C2CC2)cc2cc(C3CC3)nnc12. The van der Waals surface area contributed by atoms with Gasteiger partial charge in [0.1, 0.15) is 28.4 Å². The summed E-state index contributed by atoms with van der Waals surface area (Å²) < 4.78 is 57.3. The number of hydrogen-bond acceptors (Lipinski definition) is 7. The summed E-state index contributed by atoms with van der Waals surface area (Å²) in [4.78, 5) is 18.0. The van der Waals surface area contributed by atoms with E-state index in [2.05, 4.69) is 20.5 Å². The fourth-order valence-corrected chi connectivity index (χ4v) is 5.25. The molecule has 2 aliphatic rings. The molecule has 0 bridgehead atoms. The molecule has 6 rings (SSSR count). The van der Waals surface area contributed by atoms with Gasteiger partial charge in [0.05, 0.1) is 34.7 Å². The van der Waals surface area contributed by atoms with E-state index in [4.69, 9.17) is 8.85 Å². The Morgan fingerprint density at radius 2 is 1.81 bits per heavy atom. The second-order valence-electron chi connectivity index (χ2n) is 11.7. The number of fused-ring (bicyclic) bond motifs is 1. The average Bonchev–Trinajstić information content (AvgIpc) is 3.88. The molecule has 4 aromatic rings. The monoisotopic (exact) mass is 577 g/mol. The van der Waals surface area contributed by atoms with Gasteiger partial charge >= 0.3 is 0 Å². The van der Waals surface area contributed by atoms with Crippen LogP contribution < -0.4 is 10.1 Å². The highest BCUT2D eigenvalue weighted by molar-refractivity contribution is 6.00. The third-order valence-corrected chi connectivity index (χ3v) is 7.99. The zero-order chi connectivity index (χ0) is 32.3. The fraction of sp³-hybridized carbons (Fsp3) is 0.375. The number of methoxy groups -OCH3 is 1. The number of nitrogens with zero attached hydrogens (tertiary/aromatic N) is 3. The molecule has 2 saturated carbocycles. The summed E-state index contributed by atoms with van der Waals surface area (Å²) in [7, 11) is -2.81. The van der Waals surface area contributed by atoms with Gasteiger partial charge in [-0.25, -0.2) is 13.8 Å². The summed E-state index contributed by atoms with van der Waals surface area (Å²) in [5.41, 5.74) is -2.41. The standard InChI is InChI=1S/C32H32F2N4O4/c1-31(2,40)23-15-26(36-29(27(23)34)18-6-10-22(33)11-7-18)32(41,21-8-9-21)16-35-30(39)20-12-19-13-24(17-4-5-17)37-38-28(19)25(14-20)42-3/h6-7,10-15,17,21,40-41H,4-5,8-9,16H2,1-3H3,(H,35,39)/t32-/m1/s1/i3D3. The van der Waals surface area contributed by atoms with Crippen molar-refractivity contribution in [3.8, 4) is 17.0 Å². The lowest BCUT2D eigenvalue weighted by Gasteiger charge is -2.31. The molecular weight excluding hydrogens is 542 g/mol. The molecule has 42 heavy (non-hydrogen) atoms. The molecule has 2 aliphatic carbocycles. The summed E-state index contributed by atoms with van der Waals surface area (Å²) in [6.07, 6.45) is 3.16. The first kappa shape index (κ1) is 24.6. The molecule has 1 atom stereocenters. The summed E-state index contributed by atoms with van der Waals surface area (Å²) in [5, 5.41) is 34.5. The summed E-state index contributed by atoms with van der Waals surface area (Å²) in [6.45, 7) is 2.48. The number of rotatable bonds is 9. The number of nitrogens with one attached hydrogen (secondary N) is 1. The molecule has 2 aromatic heterocycles. The van der Waals surface area contributed by atoms with Crippen LogP contribution in [0.15, 0.2) is 48.5 Å². The van der Waals surface area contributed by atoms with E-state index in [-0.39, 0.29) is 57.7 Å². The number of pyridine rings is 1. The van der Waals surface area contributed by atoms with Gasteiger partial charge in [0.15, 0.2) is 5.82 Å². The maximum atomic E-state index is 15.7. The Hall–Kier alpha value is -4.02. The normalized spacial score (nSPS) is 18.1. The summed E-state index contributed by atoms with van der Waals surface area (Å²) >= 11 is 0. The number of amides is 1. The Morgan fingerprint density at radius 3 is 2.45 bits per heavy atom. The van der Waals surface area contributed by atoms with Crippen LogP contribution in [0.2, 0.25) is 0 Å². The van der Waals surface area contributed by atoms with Gasteiger partial charge in [-0.15, -0.1) is 5.10 Å². The molecule has 0 saturated heterocycles. The fourth-order valence-electron chi connectivity index (χ4n) is 5.25. The van der Waals surface area contributed by atoms with Crippen molar-refractivity contribution < 1.29 is 32.6 Å². The van der Waals surface area contributed by atoms with Gasteiger partial charge in [-0.3, -0.25) is 4.79 Å². The van der Waals surface area contributed by atoms with Crippen molar-refractivity contribution in [2.24, 2.45) is 5.92 Å². The van der Waals surface area contributed by atoms with Crippen molar-refractivity contribution in [2.75, 3.05) is 13.6 Å². The van der Waals surface area contributed by atoms with E-state index in [1.54, 1.807) is 12.1 Å². The molecule has 0 radical (unpaired) electrons. The number of hydrogen-bond donors (Lipinski definition) is 3. The number of halogens is 2. The van der Waals surface area contributed by atoms with Crippen LogP contribution in [-0.4, -0.2) is 44.9 Å². The molecule has 1 amide bonds. The van der Waals surface area contributed by atoms with Gasteiger partial charge in [0.2, 0.25) is 0 Å². The van der Waals surface area contributed by atoms with Crippen molar-refractivity contribution in [2.45, 2.75) is 56.7 Å². The van der Waals surface area contributed by atoms with Gasteiger partial charge in [-0.05, 0) is 94.0 Å². The molecule has 0 aliphatic heterocycles. The van der Waals surface area contributed by atoms with E-state index in [1.807, 2.05) is 0 Å². The Morgan fingerprint density at radius 1 is 1.07 bits per heavy atom. The van der Waals surface area contributed by atoms with Gasteiger partial charge in [-0.2, -0.15) is 5.10 Å². The van der Waals surface area contributed by atoms with Crippen molar-refractivity contribution in [1.82, 2.24) is 20.5 Å². The third kappa shape index (κ3) is 5.32. The van der Waals surface area contributed by atoms with Crippen LogP contribution in [0.1, 0.15) is 76.9 Å². The maximum absolute atomic E-state index is 15.7. The number of aliphatic hydroxyl groups is 2. The van der Waals surface area contributed by atoms with Crippen molar-refractivity contribution in [3.05, 3.63) is 82.7 Å². The number of benzene rings is 2. The third-order valence-electron chi connectivity index (χ3n) is 7.99. The molecule has 2 fully saturated rings. The van der Waals surface area contributed by atoms with Crippen LogP contribution in [0, 0.1) is 17.6 Å². The second kappa shape index (κ2) is 10.4. The Kier molecular flexibility index (Phi) is 6.06. The average molecular weight is 578 g/mol. The maximum Gasteiger partial charge on any atom is 0.251 e. The lowest BCUT2D eigenvalue weighted by atomic mass is 9.87. The zero-order valence-electron chi connectivity index (χ0n) is 26.1. The van der Waals surface area contributed by atoms with E-state index in [1.165, 1.54) is 38.1 Å². The summed E-state index contributed by atoms with van der Waals surface area (Å²) in [5.74, 6) is -2.16. The van der Waals surface area contributed by atoms with E-state index in [9.17, 15) is 19.4 Å². The highest BCUT2D eigenvalue weighted by Crippen LogP contribution is 2.46. The van der Waals surface area contributed by atoms with Crippen LogP contribution in [0.3, 0.4) is 0 Å². The predicted molar refractivity (Wildman–Crippen MR) is 152 cm³/mol. The van der Waals surface area contributed by atoms with E-state index < -0.39 is 35.8 Å². The Balaban J connectivity index is 1.36. The second-order valence-corrected chi connectivity index (χ2v) is 11.7. The van der Waals surface area contributed by atoms with Gasteiger partial charge < -0.3 is 20.3 Å². The lowest BCUT2D eigenvalue weighted by molar-refractivity contribution is 0.00864. The van der Waals surface area contributed by atoms with E-state index in [0.29, 0.717) is 18.2 Å². The van der Waals surface area contributed by atoms with Crippen molar-refractivity contribution in [1.29, 1.82) is 0 Å². The molecular formula is C32H32F2N4O4. The predicted octanol–water partition coefficient (Wildman–Crippen LogP) is 5.11. The number of carbonyl (C=O) groups excluding carboxylic acids is 1. The highest BCUT2D eigenvalue weighted by atomic mass is 19.1. The van der Waals surface area contributed by atoms with Crippen LogP contribution in [0.5, 0.6) is 5.75 Å². The molecule has 0 spiro atoms. The van der Waals surface area contributed by atoms with Crippen LogP contribution in [0.4, 0.5) is 8.78 Å². The highest BCUT2D eigenvalue weighted by Gasteiger charge is 2.47. The molecule has 8 nitrogen and oxygen atoms in total. The van der Waals surface area contributed by atoms with Gasteiger partial charge in [-0.1, -0.05) is 0 Å². The molecule has 3 N–H and O–H groups in total. The first-order chi connectivity index (χ1) is 21.1. The van der Waals surface area contributed by atoms with Crippen molar-refractivity contribution >= 4 is 16.8 Å². The molecule has 2 heterocycles. The number of aromatic nitrogens is 3. The lowest BCUT2D eigenvalue weighted by Crippen LogP contribution is -2.43. The minimum Gasteiger partial charge on any atom is -0.494 e. The van der Waals surface area contributed by atoms with Crippen molar-refractivity contribution in [3.63, 3.8) is 0 Å². The Bertz CT molecular complexity index is 1790. The first-order valence-corrected chi connectivity index (χ1v) is 13.8. The molecule has 0 unspecified atom stereocenters. The zero-order valence-corrected chi connectivity index (χ0v) is 23.1. The topological polar surface area (TPSA) is 117 Å². The minimum absolute atomic E-state index is 0.0393. The van der Waals surface area contributed by atoms with E-state index >= 15 is 4.39 Å². The molecule has 2 aromatic carbocycles. The minimum atomic E-state index is -2.81.